The number of amides is 1. The Hall–Kier alpha value is -1.65. The fourth-order valence-corrected chi connectivity index (χ4v) is 3.14. The van der Waals surface area contributed by atoms with Crippen LogP contribution in [0.2, 0.25) is 0 Å². The zero-order valence-corrected chi connectivity index (χ0v) is 14.2. The molecule has 1 amide bonds. The maximum Gasteiger partial charge on any atom is 0.238 e. The van der Waals surface area contributed by atoms with Gasteiger partial charge in [0.1, 0.15) is 0 Å². The Morgan fingerprint density at radius 2 is 2.00 bits per heavy atom. The first kappa shape index (κ1) is 15.3. The van der Waals surface area contributed by atoms with Gasteiger partial charge in [0.2, 0.25) is 5.91 Å². The molecule has 0 spiro atoms. The van der Waals surface area contributed by atoms with Gasteiger partial charge in [0.15, 0.2) is 0 Å². The number of rotatable bonds is 3. The molecule has 0 saturated heterocycles. The molecule has 1 heterocycles. The molecule has 3 nitrogen and oxygen atoms in total. The van der Waals surface area contributed by atoms with E-state index in [4.69, 9.17) is 0 Å². The predicted molar refractivity (Wildman–Crippen MR) is 92.9 cm³/mol. The number of hydrogen-bond donors (Lipinski definition) is 1. The largest absolute Gasteiger partial charge is 0.325 e. The summed E-state index contributed by atoms with van der Waals surface area (Å²) in [6, 6.07) is 14.3. The number of benzene rings is 2. The second kappa shape index (κ2) is 6.63. The first-order chi connectivity index (χ1) is 10.6. The summed E-state index contributed by atoms with van der Waals surface area (Å²) in [5.74, 6) is 0.0372. The Morgan fingerprint density at radius 3 is 2.77 bits per heavy atom. The van der Waals surface area contributed by atoms with Gasteiger partial charge in [-0.3, -0.25) is 9.69 Å². The third kappa shape index (κ3) is 3.57. The summed E-state index contributed by atoms with van der Waals surface area (Å²) < 4.78 is 1.01. The van der Waals surface area contributed by atoms with Crippen molar-refractivity contribution in [3.8, 4) is 0 Å². The van der Waals surface area contributed by atoms with Crippen LogP contribution in [-0.4, -0.2) is 23.9 Å². The normalized spacial score (nSPS) is 14.5. The zero-order valence-electron chi connectivity index (χ0n) is 12.6. The fraction of sp³-hybridized carbons (Fsp3) is 0.278. The quantitative estimate of drug-likeness (QED) is 0.905. The monoisotopic (exact) mass is 358 g/mol. The molecule has 3 rings (SSSR count). The maximum atomic E-state index is 12.2. The minimum absolute atomic E-state index is 0.0372. The summed E-state index contributed by atoms with van der Waals surface area (Å²) in [6.07, 6.45) is 1.01. The Balaban J connectivity index is 1.59. The Labute approximate surface area is 139 Å². The lowest BCUT2D eigenvalue weighted by atomic mass is 10.00. The molecule has 0 atom stereocenters. The van der Waals surface area contributed by atoms with E-state index in [0.717, 1.165) is 35.2 Å². The van der Waals surface area contributed by atoms with E-state index in [9.17, 15) is 4.79 Å². The average molecular weight is 359 g/mol. The summed E-state index contributed by atoms with van der Waals surface area (Å²) >= 11 is 3.49. The van der Waals surface area contributed by atoms with Gasteiger partial charge in [-0.2, -0.15) is 0 Å². The highest BCUT2D eigenvalue weighted by Gasteiger charge is 2.18. The van der Waals surface area contributed by atoms with Gasteiger partial charge in [-0.1, -0.05) is 46.3 Å². The molecule has 1 aliphatic rings. The third-order valence-electron chi connectivity index (χ3n) is 4.03. The molecular formula is C18H19BrN2O. The lowest BCUT2D eigenvalue weighted by Gasteiger charge is -2.28. The Bertz CT molecular complexity index is 699. The Morgan fingerprint density at radius 1 is 1.23 bits per heavy atom. The van der Waals surface area contributed by atoms with Gasteiger partial charge in [-0.15, -0.1) is 0 Å². The van der Waals surface area contributed by atoms with E-state index in [1.807, 2.05) is 25.1 Å². The number of carbonyl (C=O) groups excluding carboxylic acids is 1. The molecule has 2 aromatic rings. The molecule has 0 aliphatic carbocycles. The van der Waals surface area contributed by atoms with Gasteiger partial charge in [-0.05, 0) is 42.2 Å². The Kier molecular flexibility index (Phi) is 4.60. The van der Waals surface area contributed by atoms with Gasteiger partial charge in [0.05, 0.1) is 6.54 Å². The number of nitrogens with one attached hydrogen (secondary N) is 1. The van der Waals surface area contributed by atoms with Crippen molar-refractivity contribution in [2.45, 2.75) is 19.9 Å². The van der Waals surface area contributed by atoms with Crippen LogP contribution in [0, 0.1) is 6.92 Å². The van der Waals surface area contributed by atoms with Crippen LogP contribution in [0.4, 0.5) is 5.69 Å². The van der Waals surface area contributed by atoms with Crippen LogP contribution in [0.5, 0.6) is 0 Å². The summed E-state index contributed by atoms with van der Waals surface area (Å²) in [7, 11) is 0. The van der Waals surface area contributed by atoms with Gasteiger partial charge in [-0.25, -0.2) is 0 Å². The summed E-state index contributed by atoms with van der Waals surface area (Å²) in [6.45, 7) is 4.24. The number of aryl methyl sites for hydroxylation is 1. The second-order valence-electron chi connectivity index (χ2n) is 5.74. The molecule has 0 bridgehead atoms. The van der Waals surface area contributed by atoms with E-state index in [-0.39, 0.29) is 5.91 Å². The first-order valence-corrected chi connectivity index (χ1v) is 8.26. The number of anilines is 1. The number of fused-ring (bicyclic) bond motifs is 1. The van der Waals surface area contributed by atoms with E-state index in [0.29, 0.717) is 6.54 Å². The van der Waals surface area contributed by atoms with Crippen molar-refractivity contribution < 1.29 is 4.79 Å². The van der Waals surface area contributed by atoms with E-state index < -0.39 is 0 Å². The first-order valence-electron chi connectivity index (χ1n) is 7.47. The standard InChI is InChI=1S/C18H19BrN2O/c1-13-6-7-16(10-17(13)19)20-18(22)12-21-9-8-14-4-2-3-5-15(14)11-21/h2-7,10H,8-9,11-12H2,1H3,(H,20,22). The number of halogens is 1. The summed E-state index contributed by atoms with van der Waals surface area (Å²) in [4.78, 5) is 14.4. The molecule has 0 aromatic heterocycles. The van der Waals surface area contributed by atoms with Crippen LogP contribution < -0.4 is 5.32 Å². The molecule has 0 saturated carbocycles. The molecule has 0 unspecified atom stereocenters. The molecule has 2 aromatic carbocycles. The van der Waals surface area contributed by atoms with Gasteiger partial charge >= 0.3 is 0 Å². The van der Waals surface area contributed by atoms with Gasteiger partial charge in [0.25, 0.3) is 0 Å². The maximum absolute atomic E-state index is 12.2. The molecule has 4 heteroatoms. The lowest BCUT2D eigenvalue weighted by molar-refractivity contribution is -0.117. The van der Waals surface area contributed by atoms with Crippen molar-refractivity contribution in [2.75, 3.05) is 18.4 Å². The van der Waals surface area contributed by atoms with Crippen molar-refractivity contribution in [3.63, 3.8) is 0 Å². The highest BCUT2D eigenvalue weighted by molar-refractivity contribution is 9.10. The van der Waals surface area contributed by atoms with Crippen molar-refractivity contribution in [1.29, 1.82) is 0 Å². The van der Waals surface area contributed by atoms with E-state index in [1.54, 1.807) is 0 Å². The zero-order chi connectivity index (χ0) is 15.5. The molecule has 0 radical (unpaired) electrons. The fourth-order valence-electron chi connectivity index (χ4n) is 2.76. The minimum atomic E-state index is 0.0372. The lowest BCUT2D eigenvalue weighted by Crippen LogP contribution is -2.37. The number of hydrogen-bond acceptors (Lipinski definition) is 2. The van der Waals surface area contributed by atoms with Crippen molar-refractivity contribution in [3.05, 3.63) is 63.6 Å². The highest BCUT2D eigenvalue weighted by atomic mass is 79.9. The number of carbonyl (C=O) groups is 1. The van der Waals surface area contributed by atoms with Gasteiger partial charge in [0, 0.05) is 23.2 Å². The smallest absolute Gasteiger partial charge is 0.238 e. The highest BCUT2D eigenvalue weighted by Crippen LogP contribution is 2.21. The molecule has 114 valence electrons. The van der Waals surface area contributed by atoms with Crippen LogP contribution in [0.1, 0.15) is 16.7 Å². The topological polar surface area (TPSA) is 32.3 Å². The van der Waals surface area contributed by atoms with E-state index in [1.165, 1.54) is 11.1 Å². The minimum Gasteiger partial charge on any atom is -0.325 e. The third-order valence-corrected chi connectivity index (χ3v) is 4.89. The van der Waals surface area contributed by atoms with Crippen molar-refractivity contribution in [2.24, 2.45) is 0 Å². The van der Waals surface area contributed by atoms with Crippen molar-refractivity contribution in [1.82, 2.24) is 4.90 Å². The van der Waals surface area contributed by atoms with Crippen LogP contribution in [0.15, 0.2) is 46.9 Å². The molecule has 0 fully saturated rings. The second-order valence-corrected chi connectivity index (χ2v) is 6.60. The van der Waals surface area contributed by atoms with Crippen LogP contribution in [0.25, 0.3) is 0 Å². The van der Waals surface area contributed by atoms with Crippen LogP contribution >= 0.6 is 15.9 Å². The van der Waals surface area contributed by atoms with Crippen LogP contribution in [-0.2, 0) is 17.8 Å². The molecular weight excluding hydrogens is 340 g/mol. The molecule has 22 heavy (non-hydrogen) atoms. The molecule has 1 N–H and O–H groups in total. The van der Waals surface area contributed by atoms with E-state index >= 15 is 0 Å². The average Bonchev–Trinajstić information content (AvgIpc) is 2.51. The van der Waals surface area contributed by atoms with Crippen molar-refractivity contribution >= 4 is 27.5 Å². The summed E-state index contributed by atoms with van der Waals surface area (Å²) in [5.41, 5.74) is 4.73. The van der Waals surface area contributed by atoms with E-state index in [2.05, 4.69) is 50.4 Å². The SMILES string of the molecule is Cc1ccc(NC(=O)CN2CCc3ccccc3C2)cc1Br. The predicted octanol–water partition coefficient (Wildman–Crippen LogP) is 3.75. The summed E-state index contributed by atoms with van der Waals surface area (Å²) in [5, 5.41) is 2.97. The van der Waals surface area contributed by atoms with Gasteiger partial charge < -0.3 is 5.32 Å². The van der Waals surface area contributed by atoms with Crippen LogP contribution in [0.3, 0.4) is 0 Å². The molecule has 1 aliphatic heterocycles. The number of nitrogens with zero attached hydrogens (tertiary/aromatic N) is 1.